The van der Waals surface area contributed by atoms with Crippen molar-refractivity contribution < 1.29 is 51.7 Å². The Morgan fingerprint density at radius 3 is 1.83 bits per heavy atom. The Morgan fingerprint density at radius 2 is 1.45 bits per heavy atom. The normalized spacial score (nSPS) is 22.8. The third-order valence-electron chi connectivity index (χ3n) is 3.96. The zero-order valence-electron chi connectivity index (χ0n) is 16.1. The number of hydrogen-bond acceptors (Lipinski definition) is 9. The predicted molar refractivity (Wildman–Crippen MR) is 99.4 cm³/mol. The summed E-state index contributed by atoms with van der Waals surface area (Å²) in [7, 11) is -20.1. The van der Waals surface area contributed by atoms with Gasteiger partial charge in [0.15, 0.2) is 9.84 Å². The van der Waals surface area contributed by atoms with Gasteiger partial charge >= 0.3 is 14.3 Å². The van der Waals surface area contributed by atoms with Crippen LogP contribution in [0.5, 0.6) is 0 Å². The molecule has 1 aliphatic heterocycles. The standard InChI is InChI=1S/C13H24F3O9S3Si/c1-4-23-29(24-5-2,25-6-3)9-7-8-11-10-26(17,18)12(27(11,19)20)28(21,22)13(14,15)16/h11H,4-10H2,1-3H3/q-1. The third kappa shape index (κ3) is 5.71. The predicted octanol–water partition coefficient (Wildman–Crippen LogP) is 1.41. The molecule has 1 atom stereocenters. The van der Waals surface area contributed by atoms with Crippen LogP contribution < -0.4 is 0 Å². The van der Waals surface area contributed by atoms with Crippen molar-refractivity contribution in [1.29, 1.82) is 0 Å². The van der Waals surface area contributed by atoms with Crippen LogP contribution in [0.25, 0.3) is 0 Å². The molecule has 1 fully saturated rings. The van der Waals surface area contributed by atoms with Crippen molar-refractivity contribution in [2.45, 2.75) is 50.4 Å². The quantitative estimate of drug-likeness (QED) is 0.302. The van der Waals surface area contributed by atoms with Crippen LogP contribution in [-0.2, 0) is 42.8 Å². The Kier molecular flexibility index (Phi) is 8.75. The second-order valence-corrected chi connectivity index (χ2v) is 15.5. The summed E-state index contributed by atoms with van der Waals surface area (Å²) < 4.78 is 124. The molecular formula is C13H24F3O9S3Si-. The minimum absolute atomic E-state index is 0.00894. The first-order valence-electron chi connectivity index (χ1n) is 8.68. The molecule has 1 rings (SSSR count). The topological polar surface area (TPSA) is 130 Å². The molecule has 0 aliphatic carbocycles. The van der Waals surface area contributed by atoms with E-state index in [1.807, 2.05) is 0 Å². The maximum atomic E-state index is 12.8. The largest absolute Gasteiger partial charge is 0.500 e. The van der Waals surface area contributed by atoms with E-state index in [0.29, 0.717) is 0 Å². The van der Waals surface area contributed by atoms with Crippen LogP contribution in [0.15, 0.2) is 0 Å². The van der Waals surface area contributed by atoms with Crippen molar-refractivity contribution in [3.05, 3.63) is 3.91 Å². The molecule has 0 aromatic carbocycles. The molecule has 174 valence electrons. The van der Waals surface area contributed by atoms with Gasteiger partial charge in [0.2, 0.25) is 0 Å². The fourth-order valence-corrected chi connectivity index (χ4v) is 14.3. The number of alkyl halides is 3. The van der Waals surface area contributed by atoms with Gasteiger partial charge in [0.1, 0.15) is 0 Å². The zero-order chi connectivity index (χ0) is 22.7. The molecule has 1 heterocycles. The van der Waals surface area contributed by atoms with E-state index in [4.69, 9.17) is 13.3 Å². The second-order valence-electron chi connectivity index (χ2n) is 6.02. The monoisotopic (exact) mass is 505 g/mol. The highest BCUT2D eigenvalue weighted by Crippen LogP contribution is 2.45. The van der Waals surface area contributed by atoms with Crippen LogP contribution in [-0.4, -0.2) is 70.4 Å². The first-order chi connectivity index (χ1) is 13.1. The highest BCUT2D eigenvalue weighted by atomic mass is 32.3. The minimum Gasteiger partial charge on any atom is -0.374 e. The third-order valence-corrected chi connectivity index (χ3v) is 15.7. The van der Waals surface area contributed by atoms with E-state index in [1.165, 1.54) is 0 Å². The number of halogens is 3. The van der Waals surface area contributed by atoms with Gasteiger partial charge in [-0.1, -0.05) is 0 Å². The highest BCUT2D eigenvalue weighted by molar-refractivity contribution is 8.31. The molecule has 0 N–H and O–H groups in total. The van der Waals surface area contributed by atoms with Gasteiger partial charge in [0.05, 0.1) is 23.6 Å². The Bertz CT molecular complexity index is 852. The summed E-state index contributed by atoms with van der Waals surface area (Å²) in [6.07, 6.45) is -0.397. The Hall–Kier alpha value is -0.263. The number of rotatable bonds is 11. The summed E-state index contributed by atoms with van der Waals surface area (Å²) in [5.74, 6) is -1.23. The van der Waals surface area contributed by atoms with Gasteiger partial charge in [-0.05, 0) is 33.6 Å². The first-order valence-corrected chi connectivity index (χ1v) is 15.3. The fourth-order valence-electron chi connectivity index (χ4n) is 2.92. The summed E-state index contributed by atoms with van der Waals surface area (Å²) in [6, 6.07) is 0.0932. The van der Waals surface area contributed by atoms with Gasteiger partial charge in [-0.3, -0.25) is 25.3 Å². The lowest BCUT2D eigenvalue weighted by atomic mass is 10.3. The lowest BCUT2D eigenvalue weighted by Crippen LogP contribution is -2.46. The summed E-state index contributed by atoms with van der Waals surface area (Å²) in [5.41, 5.74) is -6.04. The molecule has 0 bridgehead atoms. The molecule has 0 aromatic heterocycles. The van der Waals surface area contributed by atoms with Gasteiger partial charge in [-0.15, -0.1) is 0 Å². The minimum atomic E-state index is -6.53. The van der Waals surface area contributed by atoms with E-state index in [0.717, 1.165) is 0 Å². The van der Waals surface area contributed by atoms with Crippen LogP contribution >= 0.6 is 0 Å². The average molecular weight is 506 g/mol. The molecule has 0 amide bonds. The molecule has 0 spiro atoms. The smallest absolute Gasteiger partial charge is 0.374 e. The maximum absolute atomic E-state index is 12.8. The molecular weight excluding hydrogens is 481 g/mol. The van der Waals surface area contributed by atoms with Crippen molar-refractivity contribution in [3.8, 4) is 0 Å². The molecule has 1 saturated heterocycles. The van der Waals surface area contributed by atoms with E-state index >= 15 is 0 Å². The first kappa shape index (κ1) is 26.8. The lowest BCUT2D eigenvalue weighted by molar-refractivity contribution is -0.0427. The summed E-state index contributed by atoms with van der Waals surface area (Å²) in [6.45, 7) is 5.79. The number of sulfone groups is 3. The van der Waals surface area contributed by atoms with Crippen LogP contribution in [0.3, 0.4) is 0 Å². The van der Waals surface area contributed by atoms with Gasteiger partial charge in [-0.2, -0.15) is 13.2 Å². The summed E-state index contributed by atoms with van der Waals surface area (Å²) >= 11 is 0. The molecule has 9 nitrogen and oxygen atoms in total. The van der Waals surface area contributed by atoms with Gasteiger partial charge < -0.3 is 13.3 Å². The van der Waals surface area contributed by atoms with E-state index < -0.39 is 58.7 Å². The Balaban J connectivity index is 3.08. The van der Waals surface area contributed by atoms with Crippen LogP contribution in [0.2, 0.25) is 6.04 Å². The van der Waals surface area contributed by atoms with E-state index in [2.05, 4.69) is 0 Å². The van der Waals surface area contributed by atoms with Crippen LogP contribution in [0, 0.1) is 3.91 Å². The maximum Gasteiger partial charge on any atom is 0.500 e. The molecule has 0 saturated carbocycles. The van der Waals surface area contributed by atoms with Gasteiger partial charge in [0.25, 0.3) is 0 Å². The molecule has 1 aliphatic rings. The van der Waals surface area contributed by atoms with Crippen molar-refractivity contribution in [2.75, 3.05) is 25.6 Å². The Labute approximate surface area is 170 Å². The van der Waals surface area contributed by atoms with Crippen LogP contribution in [0.4, 0.5) is 13.2 Å². The van der Waals surface area contributed by atoms with E-state index in [-0.39, 0.29) is 38.7 Å². The second kappa shape index (κ2) is 9.48. The molecule has 29 heavy (non-hydrogen) atoms. The Morgan fingerprint density at radius 1 is 1.00 bits per heavy atom. The van der Waals surface area contributed by atoms with E-state index in [9.17, 15) is 38.4 Å². The summed E-state index contributed by atoms with van der Waals surface area (Å²) in [4.78, 5) is 0. The van der Waals surface area contributed by atoms with Crippen molar-refractivity contribution in [1.82, 2.24) is 0 Å². The average Bonchev–Trinajstić information content (AvgIpc) is 2.71. The highest BCUT2D eigenvalue weighted by Gasteiger charge is 2.56. The molecule has 0 aromatic rings. The van der Waals surface area contributed by atoms with E-state index in [1.54, 1.807) is 20.8 Å². The molecule has 0 radical (unpaired) electrons. The van der Waals surface area contributed by atoms with Crippen LogP contribution in [0.1, 0.15) is 33.6 Å². The lowest BCUT2D eigenvalue weighted by Gasteiger charge is -2.29. The SMILES string of the molecule is CCO[Si](CCCC1CS(=O)(=O)[C-](S(=O)(=O)C(F)(F)F)S1(=O)=O)(OCC)OCC. The van der Waals surface area contributed by atoms with Crippen molar-refractivity contribution >= 4 is 38.3 Å². The fraction of sp³-hybridized carbons (Fsp3) is 0.923. The van der Waals surface area contributed by atoms with Gasteiger partial charge in [-0.25, -0.2) is 0 Å². The van der Waals surface area contributed by atoms with Gasteiger partial charge in [0, 0.05) is 36.9 Å². The molecule has 1 unspecified atom stereocenters. The summed E-state index contributed by atoms with van der Waals surface area (Å²) in [5, 5.41) is -1.81. The number of hydrogen-bond donors (Lipinski definition) is 0. The van der Waals surface area contributed by atoms with Crippen molar-refractivity contribution in [3.63, 3.8) is 0 Å². The molecule has 16 heteroatoms. The zero-order valence-corrected chi connectivity index (χ0v) is 19.5. The van der Waals surface area contributed by atoms with Crippen molar-refractivity contribution in [2.24, 2.45) is 0 Å².